The van der Waals surface area contributed by atoms with Crippen LogP contribution in [0.1, 0.15) is 17.4 Å². The van der Waals surface area contributed by atoms with E-state index in [0.717, 1.165) is 19.5 Å². The van der Waals surface area contributed by atoms with Gasteiger partial charge in [-0.3, -0.25) is 0 Å². The molecule has 5 heteroatoms. The molecule has 0 unspecified atom stereocenters. The third-order valence-electron chi connectivity index (χ3n) is 2.22. The molecule has 0 radical (unpaired) electrons. The van der Waals surface area contributed by atoms with Crippen LogP contribution in [0.2, 0.25) is 0 Å². The van der Waals surface area contributed by atoms with Crippen molar-refractivity contribution in [2.75, 3.05) is 20.3 Å². The molecule has 0 saturated heterocycles. The van der Waals surface area contributed by atoms with Crippen molar-refractivity contribution < 1.29 is 4.74 Å². The summed E-state index contributed by atoms with van der Waals surface area (Å²) in [6, 6.07) is 2.17. The summed E-state index contributed by atoms with van der Waals surface area (Å²) in [6.07, 6.45) is 1.07. The van der Waals surface area contributed by atoms with Crippen molar-refractivity contribution in [2.24, 2.45) is 0 Å². The normalized spacial score (nSPS) is 10.1. The van der Waals surface area contributed by atoms with Gasteiger partial charge < -0.3 is 15.4 Å². The Labute approximate surface area is 106 Å². The van der Waals surface area contributed by atoms with Crippen LogP contribution >= 0.6 is 23.6 Å². The summed E-state index contributed by atoms with van der Waals surface area (Å²) in [5, 5.41) is 9.09. The maximum Gasteiger partial charge on any atom is 0.166 e. The van der Waals surface area contributed by atoms with Gasteiger partial charge in [0.1, 0.15) is 0 Å². The summed E-state index contributed by atoms with van der Waals surface area (Å²) >= 11 is 6.92. The zero-order valence-electron chi connectivity index (χ0n) is 9.71. The van der Waals surface area contributed by atoms with Crippen LogP contribution in [0.15, 0.2) is 11.4 Å². The largest absolute Gasteiger partial charge is 0.383 e. The summed E-state index contributed by atoms with van der Waals surface area (Å²) in [7, 11) is 1.68. The van der Waals surface area contributed by atoms with E-state index in [1.54, 1.807) is 18.4 Å². The molecule has 0 aromatic carbocycles. The van der Waals surface area contributed by atoms with E-state index in [-0.39, 0.29) is 0 Å². The van der Waals surface area contributed by atoms with Gasteiger partial charge in [0.05, 0.1) is 13.2 Å². The van der Waals surface area contributed by atoms with Crippen molar-refractivity contribution in [1.29, 1.82) is 0 Å². The lowest BCUT2D eigenvalue weighted by Gasteiger charge is -2.09. The van der Waals surface area contributed by atoms with Crippen LogP contribution in [0.3, 0.4) is 0 Å². The third-order valence-corrected chi connectivity index (χ3v) is 3.47. The first-order valence-corrected chi connectivity index (χ1v) is 6.62. The van der Waals surface area contributed by atoms with Gasteiger partial charge in [-0.15, -0.1) is 11.3 Å². The zero-order chi connectivity index (χ0) is 11.8. The molecule has 0 fully saturated rings. The van der Waals surface area contributed by atoms with E-state index < -0.39 is 0 Å². The van der Waals surface area contributed by atoms with Crippen LogP contribution in [0.4, 0.5) is 0 Å². The Bertz CT molecular complexity index is 326. The first-order chi connectivity index (χ1) is 7.77. The molecule has 0 aliphatic rings. The molecular weight excluding hydrogens is 240 g/mol. The average molecular weight is 258 g/mol. The highest BCUT2D eigenvalue weighted by Gasteiger charge is 2.02. The van der Waals surface area contributed by atoms with Crippen LogP contribution in [-0.4, -0.2) is 25.4 Å². The Morgan fingerprint density at radius 1 is 1.50 bits per heavy atom. The fourth-order valence-corrected chi connectivity index (χ4v) is 2.42. The smallest absolute Gasteiger partial charge is 0.166 e. The van der Waals surface area contributed by atoms with Gasteiger partial charge in [0.15, 0.2) is 5.11 Å². The molecule has 1 rings (SSSR count). The van der Waals surface area contributed by atoms with E-state index in [1.165, 1.54) is 10.4 Å². The van der Waals surface area contributed by atoms with E-state index in [2.05, 4.69) is 29.0 Å². The molecule has 0 atom stereocenters. The molecule has 0 spiro atoms. The molecule has 0 aliphatic carbocycles. The van der Waals surface area contributed by atoms with Gasteiger partial charge in [-0.05, 0) is 35.6 Å². The summed E-state index contributed by atoms with van der Waals surface area (Å²) < 4.78 is 4.93. The molecule has 0 saturated carbocycles. The van der Waals surface area contributed by atoms with Crippen LogP contribution in [0.5, 0.6) is 0 Å². The van der Waals surface area contributed by atoms with Crippen LogP contribution in [0.25, 0.3) is 0 Å². The van der Waals surface area contributed by atoms with Crippen molar-refractivity contribution in [3.8, 4) is 0 Å². The number of hydrogen-bond donors (Lipinski definition) is 2. The van der Waals surface area contributed by atoms with E-state index in [9.17, 15) is 0 Å². The van der Waals surface area contributed by atoms with Gasteiger partial charge in [-0.25, -0.2) is 0 Å². The van der Waals surface area contributed by atoms with Crippen molar-refractivity contribution in [3.05, 3.63) is 21.9 Å². The van der Waals surface area contributed by atoms with E-state index in [0.29, 0.717) is 11.7 Å². The molecule has 1 heterocycles. The van der Waals surface area contributed by atoms with E-state index >= 15 is 0 Å². The first-order valence-electron chi connectivity index (χ1n) is 5.33. The lowest BCUT2D eigenvalue weighted by Crippen LogP contribution is -2.36. The van der Waals surface area contributed by atoms with Gasteiger partial charge >= 0.3 is 0 Å². The van der Waals surface area contributed by atoms with Crippen molar-refractivity contribution in [1.82, 2.24) is 10.6 Å². The Hall–Kier alpha value is -0.650. The molecule has 2 N–H and O–H groups in total. The summed E-state index contributed by atoms with van der Waals surface area (Å²) in [5.74, 6) is 0. The van der Waals surface area contributed by atoms with Crippen molar-refractivity contribution in [2.45, 2.75) is 19.9 Å². The summed E-state index contributed by atoms with van der Waals surface area (Å²) in [4.78, 5) is 1.36. The minimum Gasteiger partial charge on any atom is -0.383 e. The molecule has 0 aliphatic heterocycles. The number of thiocarbonyl (C=S) groups is 1. The lowest BCUT2D eigenvalue weighted by molar-refractivity contribution is 0.204. The van der Waals surface area contributed by atoms with Gasteiger partial charge in [0.2, 0.25) is 0 Å². The molecular formula is C11H18N2OS2. The highest BCUT2D eigenvalue weighted by Crippen LogP contribution is 2.16. The van der Waals surface area contributed by atoms with Crippen LogP contribution in [0, 0.1) is 0 Å². The topological polar surface area (TPSA) is 33.3 Å². The highest BCUT2D eigenvalue weighted by atomic mass is 32.1. The van der Waals surface area contributed by atoms with Crippen molar-refractivity contribution in [3.63, 3.8) is 0 Å². The molecule has 1 aromatic heterocycles. The summed E-state index contributed by atoms with van der Waals surface area (Å²) in [5.41, 5.74) is 1.40. The Morgan fingerprint density at radius 2 is 2.31 bits per heavy atom. The van der Waals surface area contributed by atoms with Gasteiger partial charge in [0, 0.05) is 18.5 Å². The Kier molecular flexibility index (Phi) is 6.37. The number of nitrogens with one attached hydrogen (secondary N) is 2. The van der Waals surface area contributed by atoms with Gasteiger partial charge in [-0.2, -0.15) is 0 Å². The monoisotopic (exact) mass is 258 g/mol. The summed E-state index contributed by atoms with van der Waals surface area (Å²) in [6.45, 7) is 4.38. The molecule has 3 nitrogen and oxygen atoms in total. The van der Waals surface area contributed by atoms with Gasteiger partial charge in [0.25, 0.3) is 0 Å². The predicted octanol–water partition coefficient (Wildman–Crippen LogP) is 1.92. The minimum atomic E-state index is 0.668. The fraction of sp³-hybridized carbons (Fsp3) is 0.545. The molecule has 0 amide bonds. The minimum absolute atomic E-state index is 0.668. The molecule has 16 heavy (non-hydrogen) atoms. The Balaban J connectivity index is 2.26. The number of thiophene rings is 1. The lowest BCUT2D eigenvalue weighted by atomic mass is 10.2. The SMILES string of the molecule is CCc1ccsc1CNC(=S)NCCOC. The predicted molar refractivity (Wildman–Crippen MR) is 73.0 cm³/mol. The van der Waals surface area contributed by atoms with Gasteiger partial charge in [-0.1, -0.05) is 6.92 Å². The first kappa shape index (κ1) is 13.4. The maximum absolute atomic E-state index is 5.15. The van der Waals surface area contributed by atoms with Crippen LogP contribution < -0.4 is 10.6 Å². The maximum atomic E-state index is 5.15. The third kappa shape index (κ3) is 4.47. The number of ether oxygens (including phenoxy) is 1. The quantitative estimate of drug-likeness (QED) is 0.603. The Morgan fingerprint density at radius 3 is 3.00 bits per heavy atom. The van der Waals surface area contributed by atoms with E-state index in [1.807, 2.05) is 0 Å². The highest BCUT2D eigenvalue weighted by molar-refractivity contribution is 7.80. The zero-order valence-corrected chi connectivity index (χ0v) is 11.3. The standard InChI is InChI=1S/C11H18N2OS2/c1-3-9-4-7-16-10(9)8-13-11(15)12-5-6-14-2/h4,7H,3,5-6,8H2,1-2H3,(H2,12,13,15). The number of methoxy groups -OCH3 is 1. The molecule has 0 bridgehead atoms. The molecule has 1 aromatic rings. The average Bonchev–Trinajstić information content (AvgIpc) is 2.74. The second-order valence-electron chi connectivity index (χ2n) is 3.32. The number of aryl methyl sites for hydroxylation is 1. The second-order valence-corrected chi connectivity index (χ2v) is 4.73. The van der Waals surface area contributed by atoms with E-state index in [4.69, 9.17) is 17.0 Å². The number of rotatable bonds is 6. The van der Waals surface area contributed by atoms with Crippen LogP contribution in [-0.2, 0) is 17.7 Å². The second kappa shape index (κ2) is 7.60. The number of hydrogen-bond acceptors (Lipinski definition) is 3. The molecule has 90 valence electrons. The van der Waals surface area contributed by atoms with Crippen molar-refractivity contribution >= 4 is 28.7 Å². The fourth-order valence-electron chi connectivity index (χ4n) is 1.33.